The van der Waals surface area contributed by atoms with Crippen LogP contribution in [0.2, 0.25) is 0 Å². The molecule has 0 heterocycles. The summed E-state index contributed by atoms with van der Waals surface area (Å²) in [4.78, 5) is 10.3. The van der Waals surface area contributed by atoms with E-state index < -0.39 is 22.4 Å². The van der Waals surface area contributed by atoms with Crippen molar-refractivity contribution in [2.75, 3.05) is 5.32 Å². The Balaban J connectivity index is 2.47. The fraction of sp³-hybridized carbons (Fsp3) is 0.250. The molecule has 0 aliphatic carbocycles. The fourth-order valence-corrected chi connectivity index (χ4v) is 2.22. The summed E-state index contributed by atoms with van der Waals surface area (Å²) in [5.41, 5.74) is -0.0894. The first-order valence-electron chi connectivity index (χ1n) is 6.91. The molecule has 2 aromatic carbocycles. The molecule has 0 aliphatic heterocycles. The third-order valence-corrected chi connectivity index (χ3v) is 3.37. The smallest absolute Gasteiger partial charge is 0.350 e. The van der Waals surface area contributed by atoms with Crippen molar-refractivity contribution in [2.24, 2.45) is 0 Å². The SMILES string of the molecule is CC(C)c1ccccc1Nc1ccc(C(F)(F)F)cc1[N+](=O)[O-]. The maximum Gasteiger partial charge on any atom is 0.416 e. The molecule has 0 radical (unpaired) electrons. The molecule has 0 fully saturated rings. The molecule has 0 amide bonds. The van der Waals surface area contributed by atoms with E-state index in [9.17, 15) is 23.3 Å². The quantitative estimate of drug-likeness (QED) is 0.598. The van der Waals surface area contributed by atoms with Crippen molar-refractivity contribution in [2.45, 2.75) is 25.9 Å². The van der Waals surface area contributed by atoms with Gasteiger partial charge >= 0.3 is 6.18 Å². The number of benzene rings is 2. The zero-order valence-corrected chi connectivity index (χ0v) is 12.5. The third-order valence-electron chi connectivity index (χ3n) is 3.37. The van der Waals surface area contributed by atoms with Crippen LogP contribution in [0.1, 0.15) is 30.9 Å². The molecule has 7 heteroatoms. The summed E-state index contributed by atoms with van der Waals surface area (Å²) in [7, 11) is 0. The molecule has 0 bridgehead atoms. The highest BCUT2D eigenvalue weighted by atomic mass is 19.4. The second-order valence-electron chi connectivity index (χ2n) is 5.35. The molecule has 2 aromatic rings. The zero-order chi connectivity index (χ0) is 17.2. The summed E-state index contributed by atoms with van der Waals surface area (Å²) in [5, 5.41) is 14.0. The molecule has 0 saturated carbocycles. The van der Waals surface area contributed by atoms with E-state index in [0.29, 0.717) is 11.8 Å². The van der Waals surface area contributed by atoms with Gasteiger partial charge in [-0.1, -0.05) is 32.0 Å². The third kappa shape index (κ3) is 3.80. The molecule has 4 nitrogen and oxygen atoms in total. The Bertz CT molecular complexity index is 728. The van der Waals surface area contributed by atoms with Gasteiger partial charge in [-0.15, -0.1) is 0 Å². The van der Waals surface area contributed by atoms with E-state index in [0.717, 1.165) is 17.7 Å². The van der Waals surface area contributed by atoms with Crippen LogP contribution in [0.4, 0.5) is 30.2 Å². The second kappa shape index (κ2) is 6.28. The predicted molar refractivity (Wildman–Crippen MR) is 81.9 cm³/mol. The van der Waals surface area contributed by atoms with Crippen molar-refractivity contribution in [3.63, 3.8) is 0 Å². The highest BCUT2D eigenvalue weighted by molar-refractivity contribution is 5.72. The van der Waals surface area contributed by atoms with Crippen molar-refractivity contribution < 1.29 is 18.1 Å². The number of nitrogens with one attached hydrogen (secondary N) is 1. The minimum absolute atomic E-state index is 0.0242. The topological polar surface area (TPSA) is 55.2 Å². The van der Waals surface area contributed by atoms with Crippen molar-refractivity contribution in [3.05, 3.63) is 63.7 Å². The molecule has 0 spiro atoms. The summed E-state index contributed by atoms with van der Waals surface area (Å²) >= 11 is 0. The maximum absolute atomic E-state index is 12.7. The Morgan fingerprint density at radius 1 is 1.09 bits per heavy atom. The van der Waals surface area contributed by atoms with E-state index in [4.69, 9.17) is 0 Å². The minimum Gasteiger partial charge on any atom is -0.350 e. The lowest BCUT2D eigenvalue weighted by Crippen LogP contribution is -2.07. The van der Waals surface area contributed by atoms with Crippen LogP contribution in [0.25, 0.3) is 0 Å². The van der Waals surface area contributed by atoms with E-state index in [2.05, 4.69) is 5.32 Å². The van der Waals surface area contributed by atoms with Gasteiger partial charge < -0.3 is 5.32 Å². The number of alkyl halides is 3. The maximum atomic E-state index is 12.7. The van der Waals surface area contributed by atoms with Crippen LogP contribution in [0.15, 0.2) is 42.5 Å². The van der Waals surface area contributed by atoms with Crippen molar-refractivity contribution in [3.8, 4) is 0 Å². The average molecular weight is 324 g/mol. The Hall–Kier alpha value is -2.57. The van der Waals surface area contributed by atoms with Crippen LogP contribution in [-0.4, -0.2) is 4.92 Å². The summed E-state index contributed by atoms with van der Waals surface area (Å²) in [6.07, 6.45) is -4.63. The van der Waals surface area contributed by atoms with Crippen LogP contribution < -0.4 is 5.32 Å². The molecular formula is C16H15F3N2O2. The van der Waals surface area contributed by atoms with Gasteiger partial charge in [0.2, 0.25) is 0 Å². The van der Waals surface area contributed by atoms with E-state index in [1.54, 1.807) is 12.1 Å². The second-order valence-corrected chi connectivity index (χ2v) is 5.35. The fourth-order valence-electron chi connectivity index (χ4n) is 2.22. The standard InChI is InChI=1S/C16H15F3N2O2/c1-10(2)12-5-3-4-6-13(12)20-14-8-7-11(16(17,18)19)9-15(14)21(22)23/h3-10,20H,1-2H3. The van der Waals surface area contributed by atoms with E-state index in [1.165, 1.54) is 0 Å². The number of anilines is 2. The van der Waals surface area contributed by atoms with Gasteiger partial charge in [0.15, 0.2) is 0 Å². The molecule has 23 heavy (non-hydrogen) atoms. The summed E-state index contributed by atoms with van der Waals surface area (Å²) in [6.45, 7) is 3.92. The first-order valence-corrected chi connectivity index (χ1v) is 6.91. The number of hydrogen-bond acceptors (Lipinski definition) is 3. The van der Waals surface area contributed by atoms with Crippen LogP contribution in [-0.2, 0) is 6.18 Å². The van der Waals surface area contributed by atoms with Gasteiger partial charge in [0, 0.05) is 11.8 Å². The van der Waals surface area contributed by atoms with Gasteiger partial charge in [0.1, 0.15) is 5.69 Å². The van der Waals surface area contributed by atoms with Gasteiger partial charge in [0.25, 0.3) is 5.69 Å². The molecule has 0 aromatic heterocycles. The van der Waals surface area contributed by atoms with E-state index in [1.807, 2.05) is 26.0 Å². The Morgan fingerprint density at radius 3 is 2.30 bits per heavy atom. The Kier molecular flexibility index (Phi) is 4.58. The summed E-state index contributed by atoms with van der Waals surface area (Å²) in [5.74, 6) is 0.159. The lowest BCUT2D eigenvalue weighted by molar-refractivity contribution is -0.384. The predicted octanol–water partition coefficient (Wildman–Crippen LogP) is 5.48. The van der Waals surface area contributed by atoms with Gasteiger partial charge in [-0.25, -0.2) is 0 Å². The monoisotopic (exact) mass is 324 g/mol. The number of nitro benzene ring substituents is 1. The summed E-state index contributed by atoms with van der Waals surface area (Å²) in [6, 6.07) is 9.64. The van der Waals surface area contributed by atoms with Gasteiger partial charge in [-0.05, 0) is 29.7 Å². The van der Waals surface area contributed by atoms with Gasteiger partial charge in [-0.2, -0.15) is 13.2 Å². The normalized spacial score (nSPS) is 11.6. The van der Waals surface area contributed by atoms with E-state index >= 15 is 0 Å². The highest BCUT2D eigenvalue weighted by Crippen LogP contribution is 2.37. The lowest BCUT2D eigenvalue weighted by Gasteiger charge is -2.15. The molecule has 1 N–H and O–H groups in total. The van der Waals surface area contributed by atoms with E-state index in [-0.39, 0.29) is 11.6 Å². The van der Waals surface area contributed by atoms with Crippen molar-refractivity contribution >= 4 is 17.1 Å². The highest BCUT2D eigenvalue weighted by Gasteiger charge is 2.33. The number of hydrogen-bond donors (Lipinski definition) is 1. The number of halogens is 3. The van der Waals surface area contributed by atoms with Crippen LogP contribution in [0.5, 0.6) is 0 Å². The molecule has 0 saturated heterocycles. The molecule has 2 rings (SSSR count). The van der Waals surface area contributed by atoms with Crippen LogP contribution in [0.3, 0.4) is 0 Å². The lowest BCUT2D eigenvalue weighted by atomic mass is 10.0. The zero-order valence-electron chi connectivity index (χ0n) is 12.5. The van der Waals surface area contributed by atoms with Gasteiger partial charge in [0.05, 0.1) is 10.5 Å². The number of rotatable bonds is 4. The molecule has 0 aliphatic rings. The largest absolute Gasteiger partial charge is 0.416 e. The molecular weight excluding hydrogens is 309 g/mol. The van der Waals surface area contributed by atoms with Gasteiger partial charge in [-0.3, -0.25) is 10.1 Å². The Labute approximate surface area is 131 Å². The average Bonchev–Trinajstić information content (AvgIpc) is 2.46. The van der Waals surface area contributed by atoms with Crippen LogP contribution in [0, 0.1) is 10.1 Å². The minimum atomic E-state index is -4.63. The summed E-state index contributed by atoms with van der Waals surface area (Å²) < 4.78 is 38.2. The number of nitrogens with zero attached hydrogens (tertiary/aromatic N) is 1. The first kappa shape index (κ1) is 16.8. The molecule has 0 unspecified atom stereocenters. The van der Waals surface area contributed by atoms with Crippen LogP contribution >= 0.6 is 0 Å². The van der Waals surface area contributed by atoms with Crippen molar-refractivity contribution in [1.29, 1.82) is 0 Å². The number of para-hydroxylation sites is 1. The Morgan fingerprint density at radius 2 is 1.74 bits per heavy atom. The number of nitro groups is 1. The molecule has 0 atom stereocenters. The molecule has 122 valence electrons. The van der Waals surface area contributed by atoms with Crippen molar-refractivity contribution in [1.82, 2.24) is 0 Å². The first-order chi connectivity index (χ1) is 10.7.